The fraction of sp³-hybridized carbons (Fsp3) is 0.0612. The van der Waals surface area contributed by atoms with E-state index in [2.05, 4.69) is 294 Å². The van der Waals surface area contributed by atoms with E-state index in [0.29, 0.717) is 11.8 Å². The van der Waals surface area contributed by atoms with Crippen molar-refractivity contribution in [3.05, 3.63) is 338 Å². The van der Waals surface area contributed by atoms with Crippen molar-refractivity contribution >= 4 is 109 Å². The van der Waals surface area contributed by atoms with E-state index in [1.165, 1.54) is 110 Å². The maximum atomic E-state index is 6.62. The summed E-state index contributed by atoms with van der Waals surface area (Å²) in [5.74, 6) is 1.14. The van der Waals surface area contributed by atoms with E-state index >= 15 is 0 Å². The molecular formula is C98H64N4O2. The van der Waals surface area contributed by atoms with Gasteiger partial charge >= 0.3 is 0 Å². The molecule has 0 saturated carbocycles. The highest BCUT2D eigenvalue weighted by molar-refractivity contribution is 6.20. The second-order valence-corrected chi connectivity index (χ2v) is 29.2. The van der Waals surface area contributed by atoms with Gasteiger partial charge in [0.2, 0.25) is 11.8 Å². The molecule has 0 atom stereocenters. The zero-order valence-electron chi connectivity index (χ0n) is 57.6. The Kier molecular flexibility index (Phi) is 13.0. The molecule has 0 aliphatic heterocycles. The van der Waals surface area contributed by atoms with Crippen LogP contribution in [0.25, 0.3) is 198 Å². The lowest BCUT2D eigenvalue weighted by atomic mass is 9.79. The van der Waals surface area contributed by atoms with Gasteiger partial charge in [-0.2, -0.15) is 0 Å². The quantitative estimate of drug-likeness (QED) is 0.154. The zero-order valence-corrected chi connectivity index (χ0v) is 57.6. The number of pyridine rings is 2. The van der Waals surface area contributed by atoms with Crippen molar-refractivity contribution in [2.24, 2.45) is 0 Å². The van der Waals surface area contributed by atoms with Crippen LogP contribution in [-0.4, -0.2) is 19.9 Å². The highest BCUT2D eigenvalue weighted by Gasteiger charge is 2.38. The summed E-state index contributed by atoms with van der Waals surface area (Å²) in [6, 6.07) is 110. The van der Waals surface area contributed by atoms with Crippen LogP contribution in [0.3, 0.4) is 0 Å². The van der Waals surface area contributed by atoms with Crippen LogP contribution in [-0.2, 0) is 10.8 Å². The van der Waals surface area contributed by atoms with Gasteiger partial charge < -0.3 is 8.83 Å². The third kappa shape index (κ3) is 9.34. The predicted molar refractivity (Wildman–Crippen MR) is 431 cm³/mol. The molecule has 0 amide bonds. The van der Waals surface area contributed by atoms with Crippen molar-refractivity contribution in [1.29, 1.82) is 0 Å². The Balaban J connectivity index is 0.000000134. The summed E-state index contributed by atoms with van der Waals surface area (Å²) in [7, 11) is 0. The molecule has 0 saturated heterocycles. The second kappa shape index (κ2) is 22.7. The van der Waals surface area contributed by atoms with Gasteiger partial charge in [0.1, 0.15) is 16.7 Å². The van der Waals surface area contributed by atoms with E-state index in [1.54, 1.807) is 0 Å². The Morgan fingerprint density at radius 3 is 1.40 bits per heavy atom. The Labute approximate surface area is 599 Å². The van der Waals surface area contributed by atoms with Gasteiger partial charge in [0.15, 0.2) is 11.2 Å². The summed E-state index contributed by atoms with van der Waals surface area (Å²) in [6.07, 6.45) is 3.70. The SMILES string of the molecule is CC1(C)c2cc(-c3cccc(-c4ccc5ccc6ccc7nc(-c8cc9ccccc9cn8)oc7c6c5c4)c3)ccc2-c2c1ccc1ccccc21.CC1(C)c2cc(-c3cccc(-c4ccc5ccc6ccc7nc(-c8ccc9ncccc9c8)oc7c6c5c4)c3)ccc2-c2ccc3ccccc3c21. The molecule has 0 unspecified atom stereocenters. The standard InChI is InChI=1S/2C49H32N2O/c1-49(2)42-28-35(17-20-39(42)40-21-16-29-7-3-4-11-38(29)46(40)49)33-9-5-8-32(25-33)34-15-13-30-12-14-31-18-23-44-47(45(31)41(30)27-34)52-48(51-44)37-19-22-43-36(26-37)10-6-24-50-43;1-49(2)41-22-19-29-8-5-6-13-38(29)46(41)39-21-18-36(26-42(39)49)33-12-7-11-32(24-33)35-17-15-30-14-16-31-20-23-43-47(45(31)40(30)25-35)52-48(51-43)44-27-34-9-3-4-10-37(34)28-50-44/h2*3-28H,1-2H3. The third-order valence-corrected chi connectivity index (χ3v) is 22.6. The van der Waals surface area contributed by atoms with Crippen molar-refractivity contribution < 1.29 is 8.83 Å². The van der Waals surface area contributed by atoms with E-state index < -0.39 is 0 Å². The van der Waals surface area contributed by atoms with Crippen molar-refractivity contribution in [2.45, 2.75) is 38.5 Å². The number of aromatic nitrogens is 4. The lowest BCUT2D eigenvalue weighted by molar-refractivity contribution is 0.620. The summed E-state index contributed by atoms with van der Waals surface area (Å²) in [6.45, 7) is 9.46. The minimum atomic E-state index is -0.101. The number of hydrogen-bond acceptors (Lipinski definition) is 6. The van der Waals surface area contributed by atoms with Crippen molar-refractivity contribution in [1.82, 2.24) is 19.9 Å². The Hall–Kier alpha value is -13.2. The number of rotatable bonds is 6. The molecule has 104 heavy (non-hydrogen) atoms. The Morgan fingerprint density at radius 2 is 0.731 bits per heavy atom. The molecule has 2 aliphatic rings. The molecule has 0 spiro atoms. The van der Waals surface area contributed by atoms with Crippen LogP contribution in [0.15, 0.2) is 325 Å². The molecule has 2 aliphatic carbocycles. The van der Waals surface area contributed by atoms with Crippen LogP contribution in [0, 0.1) is 0 Å². The van der Waals surface area contributed by atoms with Crippen molar-refractivity contribution in [2.75, 3.05) is 0 Å². The minimum absolute atomic E-state index is 0.0853. The van der Waals surface area contributed by atoms with E-state index in [0.717, 1.165) is 98.4 Å². The molecule has 0 bridgehead atoms. The lowest BCUT2D eigenvalue weighted by Crippen LogP contribution is -2.15. The number of benzene rings is 16. The minimum Gasteiger partial charge on any atom is -0.435 e. The Bertz CT molecular complexity index is 7070. The van der Waals surface area contributed by atoms with Crippen LogP contribution in [0.1, 0.15) is 49.9 Å². The van der Waals surface area contributed by atoms with Gasteiger partial charge in [0, 0.05) is 50.3 Å². The van der Waals surface area contributed by atoms with Gasteiger partial charge in [-0.05, 0) is 227 Å². The summed E-state index contributed by atoms with van der Waals surface area (Å²) in [5.41, 5.74) is 26.3. The first-order valence-corrected chi connectivity index (χ1v) is 35.8. The van der Waals surface area contributed by atoms with Gasteiger partial charge in [-0.3, -0.25) is 9.97 Å². The molecule has 6 heteroatoms. The molecule has 0 N–H and O–H groups in total. The topological polar surface area (TPSA) is 77.8 Å². The summed E-state index contributed by atoms with van der Waals surface area (Å²) in [4.78, 5) is 19.0. The van der Waals surface area contributed by atoms with Crippen molar-refractivity contribution in [3.8, 4) is 89.8 Å². The Morgan fingerprint density at radius 1 is 0.269 bits per heavy atom. The molecule has 4 heterocycles. The van der Waals surface area contributed by atoms with Crippen LogP contribution in [0.4, 0.5) is 0 Å². The number of fused-ring (bicyclic) bond motifs is 22. The molecule has 0 fully saturated rings. The predicted octanol–water partition coefficient (Wildman–Crippen LogP) is 26.3. The van der Waals surface area contributed by atoms with Crippen LogP contribution >= 0.6 is 0 Å². The maximum absolute atomic E-state index is 6.62. The van der Waals surface area contributed by atoms with E-state index in [-0.39, 0.29) is 10.8 Å². The first-order valence-electron chi connectivity index (χ1n) is 35.8. The average Bonchev–Trinajstić information content (AvgIpc) is 1.59. The first kappa shape index (κ1) is 59.7. The smallest absolute Gasteiger partial charge is 0.246 e. The molecule has 6 nitrogen and oxygen atoms in total. The fourth-order valence-corrected chi connectivity index (χ4v) is 17.3. The number of nitrogens with zero attached hydrogens (tertiary/aromatic N) is 4. The fourth-order valence-electron chi connectivity index (χ4n) is 17.3. The average molecular weight is 1330 g/mol. The van der Waals surface area contributed by atoms with Gasteiger partial charge in [-0.15, -0.1) is 0 Å². The molecular weight excluding hydrogens is 1270 g/mol. The molecule has 488 valence electrons. The molecule has 4 aromatic heterocycles. The van der Waals surface area contributed by atoms with Gasteiger partial charge in [-0.1, -0.05) is 252 Å². The summed E-state index contributed by atoms with van der Waals surface area (Å²) < 4.78 is 13.2. The van der Waals surface area contributed by atoms with Crippen molar-refractivity contribution in [3.63, 3.8) is 0 Å². The van der Waals surface area contributed by atoms with E-state index in [9.17, 15) is 0 Å². The van der Waals surface area contributed by atoms with Crippen LogP contribution in [0.5, 0.6) is 0 Å². The van der Waals surface area contributed by atoms with E-state index in [1.807, 2.05) is 54.9 Å². The van der Waals surface area contributed by atoms with Gasteiger partial charge in [0.25, 0.3) is 0 Å². The second-order valence-electron chi connectivity index (χ2n) is 29.2. The monoisotopic (exact) mass is 1330 g/mol. The molecule has 16 aromatic carbocycles. The number of hydrogen-bond donors (Lipinski definition) is 0. The number of oxazole rings is 2. The summed E-state index contributed by atoms with van der Waals surface area (Å²) in [5, 5.41) is 17.6. The van der Waals surface area contributed by atoms with Gasteiger partial charge in [-0.25, -0.2) is 9.97 Å². The maximum Gasteiger partial charge on any atom is 0.246 e. The largest absolute Gasteiger partial charge is 0.435 e. The van der Waals surface area contributed by atoms with Gasteiger partial charge in [0.05, 0.1) is 5.52 Å². The van der Waals surface area contributed by atoms with E-state index in [4.69, 9.17) is 23.8 Å². The third-order valence-electron chi connectivity index (χ3n) is 22.6. The molecule has 20 aromatic rings. The highest BCUT2D eigenvalue weighted by Crippen LogP contribution is 2.54. The normalized spacial score (nSPS) is 13.3. The highest BCUT2D eigenvalue weighted by atomic mass is 16.4. The lowest BCUT2D eigenvalue weighted by Gasteiger charge is -2.23. The van der Waals surface area contributed by atoms with Crippen LogP contribution in [0.2, 0.25) is 0 Å². The first-order chi connectivity index (χ1) is 51.0. The summed E-state index contributed by atoms with van der Waals surface area (Å²) >= 11 is 0. The van der Waals surface area contributed by atoms with Crippen LogP contribution < -0.4 is 0 Å². The zero-order chi connectivity index (χ0) is 69.1. The molecule has 22 rings (SSSR count). The molecule has 0 radical (unpaired) electrons.